The normalized spacial score (nSPS) is 11.2. The molecule has 304 valence electrons. The zero-order valence-corrected chi connectivity index (χ0v) is 33.8. The third kappa shape index (κ3) is 11.0. The molecule has 13 heteroatoms. The second kappa shape index (κ2) is 19.6. The number of non-ortho nitro benzene ring substituents is 1. The summed E-state index contributed by atoms with van der Waals surface area (Å²) in [7, 11) is 0. The van der Waals surface area contributed by atoms with E-state index in [0.29, 0.717) is 16.2 Å². The van der Waals surface area contributed by atoms with E-state index in [-0.39, 0.29) is 22.4 Å². The molecule has 12 nitrogen and oxygen atoms in total. The maximum absolute atomic E-state index is 11.6. The Morgan fingerprint density at radius 2 is 0.774 bits per heavy atom. The third-order valence-corrected chi connectivity index (χ3v) is 9.78. The highest BCUT2D eigenvalue weighted by Crippen LogP contribution is 2.19. The quantitative estimate of drug-likeness (QED) is 0.0806. The van der Waals surface area contributed by atoms with Crippen LogP contribution < -0.4 is 16.7 Å². The number of nitro groups is 1. The summed E-state index contributed by atoms with van der Waals surface area (Å²) in [6.07, 6.45) is 16.7. The SMILES string of the molecule is Cc1ccc(C=Cc2ccc3c(=O)[nH]ncc3c2)cc1.O=c1[nH]ncc2cc(C=Cc3ccc(Cl)cc3)ccc12.O=c1[nH]ncc2cc(C=Cc3ccc([N+](=O)[O-])cc3)ccc12. The number of aryl methyl sites for hydroxylation is 1. The van der Waals surface area contributed by atoms with Crippen molar-refractivity contribution in [2.75, 3.05) is 0 Å². The molecule has 6 aromatic carbocycles. The van der Waals surface area contributed by atoms with Crippen molar-refractivity contribution in [1.29, 1.82) is 0 Å². The first-order chi connectivity index (χ1) is 30.1. The van der Waals surface area contributed by atoms with Crippen LogP contribution in [-0.2, 0) is 0 Å². The van der Waals surface area contributed by atoms with Gasteiger partial charge in [0.1, 0.15) is 0 Å². The molecule has 0 radical (unpaired) electrons. The van der Waals surface area contributed by atoms with Gasteiger partial charge >= 0.3 is 0 Å². The summed E-state index contributed by atoms with van der Waals surface area (Å²) in [5.41, 5.74) is 6.82. The number of benzene rings is 6. The standard InChI is InChI=1S/C17H14N2O.C16H11ClN2O.C16H11N3O3/c1-12-2-4-13(5-3-12)6-7-14-8-9-16-15(10-14)11-18-19-17(16)20;17-14-6-3-11(4-7-14)1-2-12-5-8-15-13(9-12)10-18-19-16(15)20;20-16-15-8-5-12(9-13(15)10-17-18-16)2-1-11-3-6-14(7-4-11)19(21)22/h2-11H,1H3,(H,19,20);1-10H,(H,19,20);1-10H,(H,18,20). The largest absolute Gasteiger partial charge is 0.272 e. The smallest absolute Gasteiger partial charge is 0.267 e. The number of H-pyrrole nitrogens is 3. The Morgan fingerprint density at radius 3 is 1.13 bits per heavy atom. The number of rotatable bonds is 7. The fourth-order valence-corrected chi connectivity index (χ4v) is 6.32. The summed E-state index contributed by atoms with van der Waals surface area (Å²) < 4.78 is 0. The summed E-state index contributed by atoms with van der Waals surface area (Å²) in [6, 6.07) is 39.0. The van der Waals surface area contributed by atoms with Gasteiger partial charge in [0.15, 0.2) is 0 Å². The number of halogens is 1. The van der Waals surface area contributed by atoms with E-state index in [1.165, 1.54) is 17.7 Å². The number of nitrogens with zero attached hydrogens (tertiary/aromatic N) is 4. The minimum atomic E-state index is -0.429. The van der Waals surface area contributed by atoms with Crippen LogP contribution in [0.25, 0.3) is 68.8 Å². The van der Waals surface area contributed by atoms with Gasteiger partial charge < -0.3 is 0 Å². The number of nitro benzene ring substituents is 1. The Labute approximate surface area is 358 Å². The Balaban J connectivity index is 0.000000140. The number of aromatic amines is 3. The molecule has 0 saturated carbocycles. The zero-order valence-electron chi connectivity index (χ0n) is 33.0. The first-order valence-corrected chi connectivity index (χ1v) is 19.5. The Hall–Kier alpha value is -8.35. The summed E-state index contributed by atoms with van der Waals surface area (Å²) >= 11 is 5.85. The highest BCUT2D eigenvalue weighted by atomic mass is 35.5. The fourth-order valence-electron chi connectivity index (χ4n) is 6.19. The molecule has 0 aliphatic carbocycles. The molecule has 0 unspecified atom stereocenters. The van der Waals surface area contributed by atoms with Gasteiger partial charge in [-0.25, -0.2) is 15.3 Å². The molecule has 0 aliphatic rings. The van der Waals surface area contributed by atoms with Gasteiger partial charge in [-0.3, -0.25) is 24.5 Å². The molecule has 0 saturated heterocycles. The monoisotopic (exact) mass is 837 g/mol. The summed E-state index contributed by atoms with van der Waals surface area (Å²) in [4.78, 5) is 44.9. The van der Waals surface area contributed by atoms with Crippen molar-refractivity contribution in [3.8, 4) is 0 Å². The Bertz CT molecular complexity index is 3160. The molecule has 0 amide bonds. The predicted molar refractivity (Wildman–Crippen MR) is 250 cm³/mol. The van der Waals surface area contributed by atoms with Crippen molar-refractivity contribution in [3.05, 3.63) is 231 Å². The number of nitrogens with one attached hydrogen (secondary N) is 3. The average molecular weight is 838 g/mol. The second-order valence-corrected chi connectivity index (χ2v) is 14.4. The number of hydrogen-bond acceptors (Lipinski definition) is 8. The third-order valence-electron chi connectivity index (χ3n) is 9.53. The highest BCUT2D eigenvalue weighted by Gasteiger charge is 2.04. The molecular weight excluding hydrogens is 802 g/mol. The van der Waals surface area contributed by atoms with Gasteiger partial charge in [0.2, 0.25) is 0 Å². The summed E-state index contributed by atoms with van der Waals surface area (Å²) in [5, 5.41) is 34.3. The molecule has 3 heterocycles. The van der Waals surface area contributed by atoms with Crippen LogP contribution in [0, 0.1) is 17.0 Å². The minimum Gasteiger partial charge on any atom is -0.267 e. The lowest BCUT2D eigenvalue weighted by Gasteiger charge is -1.99. The predicted octanol–water partition coefficient (Wildman–Crippen LogP) is 10.2. The van der Waals surface area contributed by atoms with Crippen LogP contribution in [-0.4, -0.2) is 35.5 Å². The lowest BCUT2D eigenvalue weighted by atomic mass is 10.1. The molecule has 62 heavy (non-hydrogen) atoms. The highest BCUT2D eigenvalue weighted by molar-refractivity contribution is 6.30. The van der Waals surface area contributed by atoms with E-state index < -0.39 is 4.92 Å². The zero-order chi connectivity index (χ0) is 43.4. The molecule has 0 fully saturated rings. The molecule has 0 aliphatic heterocycles. The van der Waals surface area contributed by atoms with Gasteiger partial charge in [-0.05, 0) is 101 Å². The van der Waals surface area contributed by atoms with E-state index >= 15 is 0 Å². The molecule has 0 bridgehead atoms. The first kappa shape index (κ1) is 41.8. The lowest BCUT2D eigenvalue weighted by Crippen LogP contribution is -2.06. The Morgan fingerprint density at radius 1 is 0.468 bits per heavy atom. The van der Waals surface area contributed by atoms with Crippen molar-refractivity contribution in [2.45, 2.75) is 6.92 Å². The van der Waals surface area contributed by atoms with Crippen LogP contribution in [0.15, 0.2) is 160 Å². The van der Waals surface area contributed by atoms with Gasteiger partial charge in [-0.15, -0.1) is 0 Å². The van der Waals surface area contributed by atoms with Crippen LogP contribution in [0.1, 0.15) is 38.9 Å². The van der Waals surface area contributed by atoms with E-state index in [9.17, 15) is 24.5 Å². The van der Waals surface area contributed by atoms with E-state index in [1.54, 1.807) is 42.9 Å². The molecule has 0 atom stereocenters. The van der Waals surface area contributed by atoms with Gasteiger partial charge in [0.05, 0.1) is 39.7 Å². The van der Waals surface area contributed by atoms with Crippen molar-refractivity contribution < 1.29 is 4.92 Å². The van der Waals surface area contributed by atoms with Gasteiger partial charge in [0.25, 0.3) is 22.4 Å². The molecule has 3 aromatic heterocycles. The van der Waals surface area contributed by atoms with Crippen LogP contribution in [0.3, 0.4) is 0 Å². The minimum absolute atomic E-state index is 0.0631. The van der Waals surface area contributed by atoms with E-state index in [1.807, 2.05) is 97.1 Å². The van der Waals surface area contributed by atoms with Gasteiger partial charge in [0, 0.05) is 33.3 Å². The number of fused-ring (bicyclic) bond motifs is 3. The maximum Gasteiger partial charge on any atom is 0.272 e. The second-order valence-electron chi connectivity index (χ2n) is 13.9. The average Bonchev–Trinajstić information content (AvgIpc) is 3.29. The molecule has 9 aromatic rings. The molecule has 0 spiro atoms. The van der Waals surface area contributed by atoms with E-state index in [0.717, 1.165) is 54.6 Å². The van der Waals surface area contributed by atoms with Crippen LogP contribution in [0.2, 0.25) is 5.02 Å². The van der Waals surface area contributed by atoms with Crippen molar-refractivity contribution in [1.82, 2.24) is 30.6 Å². The van der Waals surface area contributed by atoms with Gasteiger partial charge in [-0.2, -0.15) is 15.3 Å². The first-order valence-electron chi connectivity index (χ1n) is 19.1. The van der Waals surface area contributed by atoms with Gasteiger partial charge in [-0.1, -0.05) is 108 Å². The molecule has 9 rings (SSSR count). The number of aromatic nitrogens is 6. The maximum atomic E-state index is 11.6. The topological polar surface area (TPSA) is 180 Å². The van der Waals surface area contributed by atoms with Crippen LogP contribution in [0.5, 0.6) is 0 Å². The van der Waals surface area contributed by atoms with Crippen molar-refractivity contribution in [2.24, 2.45) is 0 Å². The molecular formula is C49H36ClN7O5. The fraction of sp³-hybridized carbons (Fsp3) is 0.0204. The van der Waals surface area contributed by atoms with Crippen molar-refractivity contribution in [3.63, 3.8) is 0 Å². The van der Waals surface area contributed by atoms with Crippen LogP contribution >= 0.6 is 11.6 Å². The number of hydrogen-bond donors (Lipinski definition) is 3. The lowest BCUT2D eigenvalue weighted by molar-refractivity contribution is -0.384. The summed E-state index contributed by atoms with van der Waals surface area (Å²) in [5.74, 6) is 0. The van der Waals surface area contributed by atoms with Crippen molar-refractivity contribution >= 4 is 86.1 Å². The molecule has 3 N–H and O–H groups in total. The van der Waals surface area contributed by atoms with Crippen LogP contribution in [0.4, 0.5) is 5.69 Å². The summed E-state index contributed by atoms with van der Waals surface area (Å²) in [6.45, 7) is 2.07. The van der Waals surface area contributed by atoms with E-state index in [4.69, 9.17) is 11.6 Å². The van der Waals surface area contributed by atoms with E-state index in [2.05, 4.69) is 67.9 Å². The Kier molecular flexibility index (Phi) is 13.2.